The number of pyridine rings is 1. The standard InChI is InChI=1S/C22H22N4O2S/c1-15-5-7-17(8-6-15)24-20(27)14-29-21-18-3-2-4-19(18)26(22(28)25-21)13-16-9-11-23-12-10-16/h5-12H,2-4,13-14H2,1H3,(H,24,27). The highest BCUT2D eigenvalue weighted by atomic mass is 32.2. The number of carbonyl (C=O) groups excluding carboxylic acids is 1. The van der Waals surface area contributed by atoms with Crippen molar-refractivity contribution < 1.29 is 4.79 Å². The normalized spacial score (nSPS) is 12.6. The lowest BCUT2D eigenvalue weighted by atomic mass is 10.2. The Morgan fingerprint density at radius 1 is 1.14 bits per heavy atom. The second-order valence-corrected chi connectivity index (χ2v) is 8.09. The molecule has 7 heteroatoms. The minimum Gasteiger partial charge on any atom is -0.325 e. The zero-order valence-corrected chi connectivity index (χ0v) is 17.0. The van der Waals surface area contributed by atoms with E-state index in [1.807, 2.05) is 43.3 Å². The van der Waals surface area contributed by atoms with Crippen molar-refractivity contribution in [2.75, 3.05) is 11.1 Å². The highest BCUT2D eigenvalue weighted by Crippen LogP contribution is 2.29. The van der Waals surface area contributed by atoms with E-state index in [-0.39, 0.29) is 17.3 Å². The Hall–Kier alpha value is -2.93. The fourth-order valence-corrected chi connectivity index (χ4v) is 4.38. The fourth-order valence-electron chi connectivity index (χ4n) is 3.51. The topological polar surface area (TPSA) is 76.9 Å². The SMILES string of the molecule is Cc1ccc(NC(=O)CSc2nc(=O)n(Cc3ccncc3)c3c2CCC3)cc1. The van der Waals surface area contributed by atoms with Gasteiger partial charge in [0.2, 0.25) is 5.91 Å². The van der Waals surface area contributed by atoms with Crippen LogP contribution in [0.25, 0.3) is 0 Å². The molecular weight excluding hydrogens is 384 g/mol. The van der Waals surface area contributed by atoms with Gasteiger partial charge in [-0.25, -0.2) is 4.79 Å². The van der Waals surface area contributed by atoms with E-state index in [9.17, 15) is 9.59 Å². The van der Waals surface area contributed by atoms with E-state index in [2.05, 4.69) is 15.3 Å². The van der Waals surface area contributed by atoms with E-state index in [0.717, 1.165) is 47.3 Å². The number of nitrogens with zero attached hydrogens (tertiary/aromatic N) is 3. The molecule has 6 nitrogen and oxygen atoms in total. The molecule has 1 aromatic carbocycles. The van der Waals surface area contributed by atoms with Crippen molar-refractivity contribution in [2.45, 2.75) is 37.8 Å². The number of anilines is 1. The number of hydrogen-bond donors (Lipinski definition) is 1. The van der Waals surface area contributed by atoms with Crippen LogP contribution < -0.4 is 11.0 Å². The first kappa shape index (κ1) is 19.4. The Balaban J connectivity index is 1.49. The second kappa shape index (κ2) is 8.61. The number of carbonyl (C=O) groups is 1. The maximum atomic E-state index is 12.7. The molecule has 0 unspecified atom stereocenters. The molecule has 0 fully saturated rings. The molecule has 0 saturated carbocycles. The van der Waals surface area contributed by atoms with Crippen LogP contribution in [-0.4, -0.2) is 26.2 Å². The Labute approximate surface area is 173 Å². The number of amides is 1. The summed E-state index contributed by atoms with van der Waals surface area (Å²) < 4.78 is 1.76. The van der Waals surface area contributed by atoms with Gasteiger partial charge in [-0.2, -0.15) is 4.98 Å². The Kier molecular flexibility index (Phi) is 5.76. The average Bonchev–Trinajstić information content (AvgIpc) is 3.21. The van der Waals surface area contributed by atoms with Crippen LogP contribution in [0.1, 0.15) is 28.8 Å². The third kappa shape index (κ3) is 4.56. The molecule has 1 N–H and O–H groups in total. The summed E-state index contributed by atoms with van der Waals surface area (Å²) in [6.45, 7) is 2.50. The monoisotopic (exact) mass is 406 g/mol. The van der Waals surface area contributed by atoms with Gasteiger partial charge in [0.25, 0.3) is 0 Å². The zero-order valence-electron chi connectivity index (χ0n) is 16.2. The molecule has 0 atom stereocenters. The van der Waals surface area contributed by atoms with E-state index in [4.69, 9.17) is 0 Å². The largest absolute Gasteiger partial charge is 0.349 e. The van der Waals surface area contributed by atoms with Crippen LogP contribution in [0.2, 0.25) is 0 Å². The summed E-state index contributed by atoms with van der Waals surface area (Å²) in [7, 11) is 0. The lowest BCUT2D eigenvalue weighted by Gasteiger charge is -2.14. The maximum absolute atomic E-state index is 12.7. The Bertz CT molecular complexity index is 1080. The highest BCUT2D eigenvalue weighted by Gasteiger charge is 2.22. The van der Waals surface area contributed by atoms with Gasteiger partial charge in [-0.15, -0.1) is 0 Å². The lowest BCUT2D eigenvalue weighted by Crippen LogP contribution is -2.28. The van der Waals surface area contributed by atoms with Gasteiger partial charge in [0.1, 0.15) is 5.03 Å². The maximum Gasteiger partial charge on any atom is 0.349 e. The predicted molar refractivity (Wildman–Crippen MR) is 114 cm³/mol. The van der Waals surface area contributed by atoms with Gasteiger partial charge in [0, 0.05) is 29.3 Å². The molecule has 0 bridgehead atoms. The third-order valence-electron chi connectivity index (χ3n) is 4.97. The van der Waals surface area contributed by atoms with Crippen LogP contribution >= 0.6 is 11.8 Å². The van der Waals surface area contributed by atoms with Crippen molar-refractivity contribution in [3.8, 4) is 0 Å². The van der Waals surface area contributed by atoms with E-state index in [1.54, 1.807) is 17.0 Å². The first-order valence-corrected chi connectivity index (χ1v) is 10.6. The first-order chi connectivity index (χ1) is 14.1. The number of aryl methyl sites for hydroxylation is 1. The van der Waals surface area contributed by atoms with Gasteiger partial charge in [0.05, 0.1) is 12.3 Å². The van der Waals surface area contributed by atoms with Crippen molar-refractivity contribution in [1.29, 1.82) is 0 Å². The molecule has 0 radical (unpaired) electrons. The van der Waals surface area contributed by atoms with E-state index in [0.29, 0.717) is 11.6 Å². The number of hydrogen-bond acceptors (Lipinski definition) is 5. The van der Waals surface area contributed by atoms with Crippen LogP contribution in [0, 0.1) is 6.92 Å². The van der Waals surface area contributed by atoms with E-state index >= 15 is 0 Å². The van der Waals surface area contributed by atoms with Gasteiger partial charge in [-0.3, -0.25) is 14.3 Å². The van der Waals surface area contributed by atoms with Crippen LogP contribution in [0.15, 0.2) is 58.6 Å². The quantitative estimate of drug-likeness (QED) is 0.502. The van der Waals surface area contributed by atoms with Crippen molar-refractivity contribution in [1.82, 2.24) is 14.5 Å². The predicted octanol–water partition coefficient (Wildman–Crippen LogP) is 3.21. The summed E-state index contributed by atoms with van der Waals surface area (Å²) in [5, 5.41) is 3.58. The molecule has 29 heavy (non-hydrogen) atoms. The van der Waals surface area contributed by atoms with E-state index in [1.165, 1.54) is 11.8 Å². The van der Waals surface area contributed by atoms with Gasteiger partial charge < -0.3 is 5.32 Å². The summed E-state index contributed by atoms with van der Waals surface area (Å²) in [5.41, 5.74) is 4.83. The minimum atomic E-state index is -0.260. The summed E-state index contributed by atoms with van der Waals surface area (Å²) >= 11 is 1.34. The number of thioether (sulfide) groups is 1. The molecular formula is C22H22N4O2S. The summed E-state index contributed by atoms with van der Waals surface area (Å²) in [6, 6.07) is 11.5. The molecule has 3 aromatic rings. The number of nitrogens with one attached hydrogen (secondary N) is 1. The molecule has 4 rings (SSSR count). The number of rotatable bonds is 6. The van der Waals surface area contributed by atoms with Crippen molar-refractivity contribution in [3.05, 3.63) is 81.7 Å². The number of aromatic nitrogens is 3. The molecule has 1 amide bonds. The molecule has 2 aromatic heterocycles. The van der Waals surface area contributed by atoms with E-state index < -0.39 is 0 Å². The van der Waals surface area contributed by atoms with Crippen LogP contribution in [0.4, 0.5) is 5.69 Å². The molecule has 148 valence electrons. The first-order valence-electron chi connectivity index (χ1n) is 9.61. The fraction of sp³-hybridized carbons (Fsp3) is 0.273. The van der Waals surface area contributed by atoms with Crippen molar-refractivity contribution in [2.24, 2.45) is 0 Å². The molecule has 0 spiro atoms. The number of fused-ring (bicyclic) bond motifs is 1. The van der Waals surface area contributed by atoms with Crippen LogP contribution in [0.5, 0.6) is 0 Å². The summed E-state index contributed by atoms with van der Waals surface area (Å²) in [4.78, 5) is 33.3. The second-order valence-electron chi connectivity index (χ2n) is 7.12. The zero-order chi connectivity index (χ0) is 20.2. The lowest BCUT2D eigenvalue weighted by molar-refractivity contribution is -0.113. The van der Waals surface area contributed by atoms with Crippen LogP contribution in [0.3, 0.4) is 0 Å². The van der Waals surface area contributed by atoms with Gasteiger partial charge >= 0.3 is 5.69 Å². The molecule has 2 heterocycles. The van der Waals surface area contributed by atoms with Crippen LogP contribution in [-0.2, 0) is 24.2 Å². The highest BCUT2D eigenvalue weighted by molar-refractivity contribution is 8.00. The molecule has 1 aliphatic carbocycles. The number of benzene rings is 1. The van der Waals surface area contributed by atoms with Gasteiger partial charge in [0.15, 0.2) is 0 Å². The summed E-state index contributed by atoms with van der Waals surface area (Å²) in [5.74, 6) is 0.120. The van der Waals surface area contributed by atoms with Crippen molar-refractivity contribution >= 4 is 23.4 Å². The van der Waals surface area contributed by atoms with Gasteiger partial charge in [-0.05, 0) is 56.0 Å². The smallest absolute Gasteiger partial charge is 0.325 e. The average molecular weight is 407 g/mol. The van der Waals surface area contributed by atoms with Gasteiger partial charge in [-0.1, -0.05) is 29.5 Å². The third-order valence-corrected chi connectivity index (χ3v) is 5.98. The molecule has 0 aliphatic heterocycles. The molecule has 0 saturated heterocycles. The Morgan fingerprint density at radius 3 is 2.66 bits per heavy atom. The Morgan fingerprint density at radius 2 is 1.90 bits per heavy atom. The van der Waals surface area contributed by atoms with Crippen molar-refractivity contribution in [3.63, 3.8) is 0 Å². The molecule has 1 aliphatic rings. The minimum absolute atomic E-state index is 0.103. The summed E-state index contributed by atoms with van der Waals surface area (Å²) in [6.07, 6.45) is 6.21.